The third kappa shape index (κ3) is 5.33. The molecule has 1 aliphatic rings. The Morgan fingerprint density at radius 3 is 2.10 bits per heavy atom. The molecular formula is C19H20Cl2N2O5S. The summed E-state index contributed by atoms with van der Waals surface area (Å²) in [5, 5.41) is 0.828. The second-order valence-electron chi connectivity index (χ2n) is 6.35. The van der Waals surface area contributed by atoms with Crippen molar-refractivity contribution >= 4 is 39.1 Å². The molecule has 7 nitrogen and oxygen atoms in total. The molecule has 1 fully saturated rings. The maximum atomic E-state index is 12.8. The summed E-state index contributed by atoms with van der Waals surface area (Å²) in [6.07, 6.45) is 0. The van der Waals surface area contributed by atoms with E-state index in [4.69, 9.17) is 32.7 Å². The summed E-state index contributed by atoms with van der Waals surface area (Å²) in [6.45, 7) is 0.815. The molecule has 0 radical (unpaired) electrons. The van der Waals surface area contributed by atoms with Gasteiger partial charge in [-0.2, -0.15) is 4.31 Å². The fraction of sp³-hybridized carbons (Fsp3) is 0.316. The molecule has 0 aromatic heterocycles. The molecule has 1 amide bonds. The Bertz CT molecular complexity index is 954. The fourth-order valence-electron chi connectivity index (χ4n) is 2.92. The van der Waals surface area contributed by atoms with E-state index in [0.717, 1.165) is 0 Å². The normalized spacial score (nSPS) is 15.2. The zero-order valence-corrected chi connectivity index (χ0v) is 18.0. The van der Waals surface area contributed by atoms with Crippen LogP contribution in [0, 0.1) is 0 Å². The molecule has 0 bridgehead atoms. The third-order valence-electron chi connectivity index (χ3n) is 4.49. The number of sulfonamides is 1. The molecule has 0 N–H and O–H groups in total. The Morgan fingerprint density at radius 2 is 1.55 bits per heavy atom. The number of halogens is 2. The van der Waals surface area contributed by atoms with E-state index in [1.165, 1.54) is 23.5 Å². The minimum Gasteiger partial charge on any atom is -0.497 e. The topological polar surface area (TPSA) is 76.2 Å². The predicted molar refractivity (Wildman–Crippen MR) is 110 cm³/mol. The highest BCUT2D eigenvalue weighted by Crippen LogP contribution is 2.24. The van der Waals surface area contributed by atoms with Crippen LogP contribution in [0.5, 0.6) is 11.5 Å². The quantitative estimate of drug-likeness (QED) is 0.664. The SMILES string of the molecule is COc1ccc(S(=O)(=O)N2CCN(C(=O)COc3cc(Cl)cc(Cl)c3)CC2)cc1. The number of carbonyl (C=O) groups is 1. The number of benzene rings is 2. The number of hydrogen-bond donors (Lipinski definition) is 0. The van der Waals surface area contributed by atoms with Crippen molar-refractivity contribution in [2.45, 2.75) is 4.90 Å². The van der Waals surface area contributed by atoms with Crippen LogP contribution in [-0.4, -0.2) is 63.4 Å². The first-order valence-corrected chi connectivity index (χ1v) is 11.0. The minimum absolute atomic E-state index is 0.179. The van der Waals surface area contributed by atoms with Gasteiger partial charge in [0.25, 0.3) is 5.91 Å². The molecule has 0 saturated carbocycles. The summed E-state index contributed by atoms with van der Waals surface area (Å²) >= 11 is 11.8. The molecule has 156 valence electrons. The van der Waals surface area contributed by atoms with Crippen LogP contribution in [0.1, 0.15) is 0 Å². The molecule has 2 aromatic carbocycles. The summed E-state index contributed by atoms with van der Waals surface area (Å²) in [5.74, 6) is 0.750. The first-order chi connectivity index (χ1) is 13.8. The number of carbonyl (C=O) groups excluding carboxylic acids is 1. The van der Waals surface area contributed by atoms with E-state index in [2.05, 4.69) is 0 Å². The molecule has 1 saturated heterocycles. The lowest BCUT2D eigenvalue weighted by molar-refractivity contribution is -0.134. The van der Waals surface area contributed by atoms with Crippen LogP contribution < -0.4 is 9.47 Å². The molecule has 0 spiro atoms. The van der Waals surface area contributed by atoms with Gasteiger partial charge in [0.2, 0.25) is 10.0 Å². The van der Waals surface area contributed by atoms with Crippen LogP contribution in [0.3, 0.4) is 0 Å². The maximum Gasteiger partial charge on any atom is 0.260 e. The van der Waals surface area contributed by atoms with Crippen LogP contribution in [0.4, 0.5) is 0 Å². The molecule has 10 heteroatoms. The largest absolute Gasteiger partial charge is 0.497 e. The molecular weight excluding hydrogens is 439 g/mol. The first-order valence-electron chi connectivity index (χ1n) is 8.80. The number of rotatable bonds is 6. The van der Waals surface area contributed by atoms with Crippen LogP contribution in [0.2, 0.25) is 10.0 Å². The smallest absolute Gasteiger partial charge is 0.260 e. The Labute approximate surface area is 179 Å². The van der Waals surface area contributed by atoms with Crippen LogP contribution in [-0.2, 0) is 14.8 Å². The highest BCUT2D eigenvalue weighted by atomic mass is 35.5. The lowest BCUT2D eigenvalue weighted by atomic mass is 10.3. The van der Waals surface area contributed by atoms with Gasteiger partial charge < -0.3 is 14.4 Å². The zero-order chi connectivity index (χ0) is 21.0. The fourth-order valence-corrected chi connectivity index (χ4v) is 4.85. The summed E-state index contributed by atoms with van der Waals surface area (Å²) in [6, 6.07) is 10.9. The van der Waals surface area contributed by atoms with Gasteiger partial charge >= 0.3 is 0 Å². The van der Waals surface area contributed by atoms with Crippen LogP contribution in [0.15, 0.2) is 47.4 Å². The lowest BCUT2D eigenvalue weighted by Crippen LogP contribution is -2.51. The highest BCUT2D eigenvalue weighted by Gasteiger charge is 2.30. The number of ether oxygens (including phenoxy) is 2. The van der Waals surface area contributed by atoms with Crippen molar-refractivity contribution in [2.75, 3.05) is 39.9 Å². The molecule has 0 unspecified atom stereocenters. The Hall–Kier alpha value is -2.00. The third-order valence-corrected chi connectivity index (χ3v) is 6.84. The molecule has 29 heavy (non-hydrogen) atoms. The summed E-state index contributed by atoms with van der Waals surface area (Å²) < 4.78 is 37.4. The number of methoxy groups -OCH3 is 1. The van der Waals surface area contributed by atoms with E-state index in [1.807, 2.05) is 0 Å². The first kappa shape index (κ1) is 21.7. The standard InChI is InChI=1S/C19H20Cl2N2O5S/c1-27-16-2-4-18(5-3-16)29(25,26)23-8-6-22(7-9-23)19(24)13-28-17-11-14(20)10-15(21)12-17/h2-5,10-12H,6-9,13H2,1H3. The lowest BCUT2D eigenvalue weighted by Gasteiger charge is -2.34. The van der Waals surface area contributed by atoms with E-state index in [-0.39, 0.29) is 43.6 Å². The van der Waals surface area contributed by atoms with Gasteiger partial charge in [0, 0.05) is 36.2 Å². The van der Waals surface area contributed by atoms with Gasteiger partial charge in [0.1, 0.15) is 11.5 Å². The Kier molecular flexibility index (Phi) is 6.89. The summed E-state index contributed by atoms with van der Waals surface area (Å²) in [7, 11) is -2.10. The van der Waals surface area contributed by atoms with Gasteiger partial charge in [-0.3, -0.25) is 4.79 Å². The van der Waals surface area contributed by atoms with E-state index >= 15 is 0 Å². The van der Waals surface area contributed by atoms with Crippen molar-refractivity contribution < 1.29 is 22.7 Å². The number of piperazine rings is 1. The van der Waals surface area contributed by atoms with E-state index < -0.39 is 10.0 Å². The van der Waals surface area contributed by atoms with Gasteiger partial charge in [-0.15, -0.1) is 0 Å². The molecule has 0 atom stereocenters. The van der Waals surface area contributed by atoms with Crippen LogP contribution >= 0.6 is 23.2 Å². The van der Waals surface area contributed by atoms with E-state index in [9.17, 15) is 13.2 Å². The predicted octanol–water partition coefficient (Wildman–Crippen LogP) is 2.91. The van der Waals surface area contributed by atoms with Gasteiger partial charge in [-0.05, 0) is 42.5 Å². The number of nitrogens with zero attached hydrogens (tertiary/aromatic N) is 2. The Balaban J connectivity index is 1.55. The van der Waals surface area contributed by atoms with Crippen molar-refractivity contribution in [2.24, 2.45) is 0 Å². The van der Waals surface area contributed by atoms with Gasteiger partial charge in [0.15, 0.2) is 6.61 Å². The second-order valence-corrected chi connectivity index (χ2v) is 9.17. The average molecular weight is 459 g/mol. The van der Waals surface area contributed by atoms with Gasteiger partial charge in [-0.25, -0.2) is 8.42 Å². The molecule has 3 rings (SSSR count). The van der Waals surface area contributed by atoms with Crippen LogP contribution in [0.25, 0.3) is 0 Å². The molecule has 0 aliphatic carbocycles. The molecule has 2 aromatic rings. The van der Waals surface area contributed by atoms with Gasteiger partial charge in [0.05, 0.1) is 12.0 Å². The molecule has 1 aliphatic heterocycles. The number of hydrogen-bond acceptors (Lipinski definition) is 5. The average Bonchev–Trinajstić information content (AvgIpc) is 2.71. The maximum absolute atomic E-state index is 12.8. The highest BCUT2D eigenvalue weighted by molar-refractivity contribution is 7.89. The monoisotopic (exact) mass is 458 g/mol. The zero-order valence-electron chi connectivity index (χ0n) is 15.7. The summed E-state index contributed by atoms with van der Waals surface area (Å²) in [5.41, 5.74) is 0. The van der Waals surface area contributed by atoms with Crippen molar-refractivity contribution in [1.29, 1.82) is 0 Å². The number of amides is 1. The van der Waals surface area contributed by atoms with Crippen molar-refractivity contribution in [3.8, 4) is 11.5 Å². The summed E-state index contributed by atoms with van der Waals surface area (Å²) in [4.78, 5) is 14.2. The van der Waals surface area contributed by atoms with Crippen molar-refractivity contribution in [3.63, 3.8) is 0 Å². The Morgan fingerprint density at radius 1 is 0.966 bits per heavy atom. The molecule has 1 heterocycles. The van der Waals surface area contributed by atoms with E-state index in [0.29, 0.717) is 21.5 Å². The van der Waals surface area contributed by atoms with Gasteiger partial charge in [-0.1, -0.05) is 23.2 Å². The van der Waals surface area contributed by atoms with Crippen molar-refractivity contribution in [1.82, 2.24) is 9.21 Å². The second kappa shape index (κ2) is 9.21. The van der Waals surface area contributed by atoms with Crippen molar-refractivity contribution in [3.05, 3.63) is 52.5 Å². The van der Waals surface area contributed by atoms with E-state index in [1.54, 1.807) is 35.2 Å². The minimum atomic E-state index is -3.62.